The van der Waals surface area contributed by atoms with E-state index in [1.54, 1.807) is 12.1 Å². The highest BCUT2D eigenvalue weighted by molar-refractivity contribution is 5.97. The third-order valence-electron chi connectivity index (χ3n) is 2.73. The number of carbonyl (C=O) groups is 1. The van der Waals surface area contributed by atoms with Crippen LogP contribution in [-0.4, -0.2) is 10.9 Å². The van der Waals surface area contributed by atoms with Gasteiger partial charge in [-0.1, -0.05) is 35.9 Å². The molecule has 2 heteroatoms. The minimum Gasteiger partial charge on any atom is -0.507 e. The number of aryl methyl sites for hydroxylation is 1. The van der Waals surface area contributed by atoms with Gasteiger partial charge in [0.2, 0.25) is 0 Å². The average Bonchev–Trinajstić information content (AvgIpc) is 2.28. The molecular weight excluding hydrogens is 212 g/mol. The predicted molar refractivity (Wildman–Crippen MR) is 68.3 cm³/mol. The Morgan fingerprint density at radius 1 is 1.06 bits per heavy atom. The van der Waals surface area contributed by atoms with Crippen LogP contribution in [0, 0.1) is 6.92 Å². The summed E-state index contributed by atoms with van der Waals surface area (Å²) in [6.45, 7) is 3.47. The second-order valence-corrected chi connectivity index (χ2v) is 4.16. The van der Waals surface area contributed by atoms with E-state index in [4.69, 9.17) is 0 Å². The zero-order valence-corrected chi connectivity index (χ0v) is 9.90. The van der Waals surface area contributed by atoms with Gasteiger partial charge in [0, 0.05) is 0 Å². The highest BCUT2D eigenvalue weighted by atomic mass is 16.3. The van der Waals surface area contributed by atoms with Crippen molar-refractivity contribution in [2.45, 2.75) is 13.8 Å². The molecule has 17 heavy (non-hydrogen) atoms. The van der Waals surface area contributed by atoms with Gasteiger partial charge in [0.25, 0.3) is 0 Å². The lowest BCUT2D eigenvalue weighted by atomic mass is 10.0. The predicted octanol–water partition coefficient (Wildman–Crippen LogP) is 3.57. The molecule has 0 unspecified atom stereocenters. The lowest BCUT2D eigenvalue weighted by Gasteiger charge is -2.06. The van der Waals surface area contributed by atoms with E-state index < -0.39 is 0 Å². The molecule has 2 rings (SSSR count). The van der Waals surface area contributed by atoms with Gasteiger partial charge in [0.1, 0.15) is 5.75 Å². The fourth-order valence-corrected chi connectivity index (χ4v) is 1.83. The Bertz CT molecular complexity index is 571. The molecule has 0 aliphatic rings. The van der Waals surface area contributed by atoms with Gasteiger partial charge < -0.3 is 5.11 Å². The summed E-state index contributed by atoms with van der Waals surface area (Å²) in [5, 5.41) is 9.77. The minimum absolute atomic E-state index is 0.0384. The van der Waals surface area contributed by atoms with Crippen LogP contribution in [0.2, 0.25) is 0 Å². The molecule has 0 aliphatic heterocycles. The third kappa shape index (κ3) is 2.36. The maximum absolute atomic E-state index is 11.2. The van der Waals surface area contributed by atoms with Crippen LogP contribution < -0.4 is 0 Å². The van der Waals surface area contributed by atoms with E-state index in [9.17, 15) is 9.90 Å². The molecule has 0 aromatic heterocycles. The van der Waals surface area contributed by atoms with Crippen LogP contribution >= 0.6 is 0 Å². The molecular formula is C15H14O2. The van der Waals surface area contributed by atoms with Crippen molar-refractivity contribution in [3.05, 3.63) is 53.6 Å². The van der Waals surface area contributed by atoms with Gasteiger partial charge in [0.15, 0.2) is 5.78 Å². The first-order valence-electron chi connectivity index (χ1n) is 5.49. The number of aromatic hydroxyl groups is 1. The van der Waals surface area contributed by atoms with Crippen LogP contribution in [-0.2, 0) is 0 Å². The van der Waals surface area contributed by atoms with Gasteiger partial charge in [-0.05, 0) is 37.1 Å². The smallest absolute Gasteiger partial charge is 0.163 e. The Balaban J connectivity index is 2.48. The van der Waals surface area contributed by atoms with Gasteiger partial charge in [-0.15, -0.1) is 0 Å². The normalized spacial score (nSPS) is 10.2. The molecule has 0 saturated carbocycles. The van der Waals surface area contributed by atoms with E-state index in [1.165, 1.54) is 6.92 Å². The van der Waals surface area contributed by atoms with Crippen molar-refractivity contribution in [1.29, 1.82) is 0 Å². The van der Waals surface area contributed by atoms with Crippen LogP contribution in [0.1, 0.15) is 22.8 Å². The summed E-state index contributed by atoms with van der Waals surface area (Å²) in [6.07, 6.45) is 0. The topological polar surface area (TPSA) is 37.3 Å². The summed E-state index contributed by atoms with van der Waals surface area (Å²) in [7, 11) is 0. The number of ketones is 1. The summed E-state index contributed by atoms with van der Waals surface area (Å²) in [5.74, 6) is -0.0881. The first-order valence-corrected chi connectivity index (χ1v) is 5.49. The standard InChI is InChI=1S/C15H14O2/c1-10-4-3-5-12(8-10)13-6-7-14(11(2)16)15(17)9-13/h3-9,17H,1-2H3. The lowest BCUT2D eigenvalue weighted by molar-refractivity contribution is 0.101. The fourth-order valence-electron chi connectivity index (χ4n) is 1.83. The van der Waals surface area contributed by atoms with Gasteiger partial charge in [0.05, 0.1) is 5.56 Å². The highest BCUT2D eigenvalue weighted by Crippen LogP contribution is 2.27. The van der Waals surface area contributed by atoms with Crippen LogP contribution in [0.5, 0.6) is 5.75 Å². The van der Waals surface area contributed by atoms with Crippen molar-refractivity contribution in [2.75, 3.05) is 0 Å². The van der Waals surface area contributed by atoms with Crippen LogP contribution in [0.15, 0.2) is 42.5 Å². The van der Waals surface area contributed by atoms with Crippen molar-refractivity contribution < 1.29 is 9.90 Å². The molecule has 0 saturated heterocycles. The Labute approximate surface area is 101 Å². The van der Waals surface area contributed by atoms with Crippen LogP contribution in [0.25, 0.3) is 11.1 Å². The van der Waals surface area contributed by atoms with Gasteiger partial charge >= 0.3 is 0 Å². The molecule has 2 aromatic rings. The molecule has 1 N–H and O–H groups in total. The maximum atomic E-state index is 11.2. The lowest BCUT2D eigenvalue weighted by Crippen LogP contribution is -1.92. The number of benzene rings is 2. The van der Waals surface area contributed by atoms with E-state index in [2.05, 4.69) is 0 Å². The number of rotatable bonds is 2. The minimum atomic E-state index is -0.127. The molecule has 0 radical (unpaired) electrons. The second kappa shape index (κ2) is 4.42. The summed E-state index contributed by atoms with van der Waals surface area (Å²) < 4.78 is 0. The molecule has 2 aromatic carbocycles. The quantitative estimate of drug-likeness (QED) is 0.795. The monoisotopic (exact) mass is 226 g/mol. The zero-order chi connectivity index (χ0) is 12.4. The van der Waals surface area contributed by atoms with Crippen molar-refractivity contribution in [1.82, 2.24) is 0 Å². The summed E-state index contributed by atoms with van der Waals surface area (Å²) in [5.41, 5.74) is 3.48. The fraction of sp³-hybridized carbons (Fsp3) is 0.133. The Kier molecular flexibility index (Phi) is 2.96. The number of hydrogen-bond donors (Lipinski definition) is 1. The van der Waals surface area contributed by atoms with E-state index >= 15 is 0 Å². The van der Waals surface area contributed by atoms with Crippen LogP contribution in [0.4, 0.5) is 0 Å². The second-order valence-electron chi connectivity index (χ2n) is 4.16. The molecule has 0 bridgehead atoms. The zero-order valence-electron chi connectivity index (χ0n) is 9.90. The van der Waals surface area contributed by atoms with E-state index in [0.29, 0.717) is 5.56 Å². The number of hydrogen-bond acceptors (Lipinski definition) is 2. The van der Waals surface area contributed by atoms with Crippen LogP contribution in [0.3, 0.4) is 0 Å². The molecule has 2 nitrogen and oxygen atoms in total. The molecule has 0 fully saturated rings. The summed E-state index contributed by atoms with van der Waals surface area (Å²) in [4.78, 5) is 11.2. The number of Topliss-reactive ketones (excluding diaryl/α,β-unsaturated/α-hetero) is 1. The Morgan fingerprint density at radius 3 is 2.35 bits per heavy atom. The van der Waals surface area contributed by atoms with Crippen molar-refractivity contribution in [3.8, 4) is 16.9 Å². The molecule has 86 valence electrons. The van der Waals surface area contributed by atoms with Gasteiger partial charge in [-0.3, -0.25) is 4.79 Å². The molecule has 0 heterocycles. The first kappa shape index (κ1) is 11.4. The summed E-state index contributed by atoms with van der Waals surface area (Å²) >= 11 is 0. The average molecular weight is 226 g/mol. The molecule has 0 atom stereocenters. The molecule has 0 aliphatic carbocycles. The SMILES string of the molecule is CC(=O)c1ccc(-c2cccc(C)c2)cc1O. The van der Waals surface area contributed by atoms with E-state index in [0.717, 1.165) is 16.7 Å². The van der Waals surface area contributed by atoms with E-state index in [-0.39, 0.29) is 11.5 Å². The van der Waals surface area contributed by atoms with Gasteiger partial charge in [-0.2, -0.15) is 0 Å². The highest BCUT2D eigenvalue weighted by Gasteiger charge is 2.07. The third-order valence-corrected chi connectivity index (χ3v) is 2.73. The van der Waals surface area contributed by atoms with Gasteiger partial charge in [-0.25, -0.2) is 0 Å². The van der Waals surface area contributed by atoms with Crippen molar-refractivity contribution in [3.63, 3.8) is 0 Å². The maximum Gasteiger partial charge on any atom is 0.163 e. The molecule has 0 amide bonds. The number of carbonyl (C=O) groups excluding carboxylic acids is 1. The number of phenols is 1. The van der Waals surface area contributed by atoms with Crippen molar-refractivity contribution in [2.24, 2.45) is 0 Å². The Hall–Kier alpha value is -2.09. The Morgan fingerprint density at radius 2 is 1.76 bits per heavy atom. The first-order chi connectivity index (χ1) is 8.08. The molecule has 0 spiro atoms. The summed E-state index contributed by atoms with van der Waals surface area (Å²) in [6, 6.07) is 13.2. The number of phenolic OH excluding ortho intramolecular Hbond substituents is 1. The van der Waals surface area contributed by atoms with E-state index in [1.807, 2.05) is 37.3 Å². The van der Waals surface area contributed by atoms with Crippen molar-refractivity contribution >= 4 is 5.78 Å². The largest absolute Gasteiger partial charge is 0.507 e.